The van der Waals surface area contributed by atoms with Gasteiger partial charge in [-0.2, -0.15) is 0 Å². The summed E-state index contributed by atoms with van der Waals surface area (Å²) >= 11 is 0. The molecule has 4 heteroatoms. The van der Waals surface area contributed by atoms with E-state index in [9.17, 15) is 9.18 Å². The number of nitrogens with one attached hydrogen (secondary N) is 1. The number of esters is 1. The summed E-state index contributed by atoms with van der Waals surface area (Å²) in [7, 11) is 0. The molecule has 1 rings (SSSR count). The molecule has 1 aromatic rings. The zero-order valence-electron chi connectivity index (χ0n) is 10.4. The van der Waals surface area contributed by atoms with Crippen molar-refractivity contribution in [2.45, 2.75) is 33.2 Å². The second-order valence-electron chi connectivity index (χ2n) is 3.79. The van der Waals surface area contributed by atoms with Gasteiger partial charge in [0.15, 0.2) is 0 Å². The van der Waals surface area contributed by atoms with E-state index < -0.39 is 6.04 Å². The minimum atomic E-state index is -0.509. The number of halogens is 1. The maximum Gasteiger partial charge on any atom is 0.328 e. The maximum absolute atomic E-state index is 13.6. The highest BCUT2D eigenvalue weighted by molar-refractivity contribution is 5.79. The van der Waals surface area contributed by atoms with Crippen molar-refractivity contribution in [3.05, 3.63) is 29.6 Å². The minimum absolute atomic E-state index is 0.327. The van der Waals surface area contributed by atoms with Crippen LogP contribution < -0.4 is 5.32 Å². The molecule has 94 valence electrons. The zero-order valence-corrected chi connectivity index (χ0v) is 10.4. The van der Waals surface area contributed by atoms with Gasteiger partial charge in [0.2, 0.25) is 0 Å². The van der Waals surface area contributed by atoms with Crippen LogP contribution in [0.15, 0.2) is 18.2 Å². The largest absolute Gasteiger partial charge is 0.464 e. The van der Waals surface area contributed by atoms with Crippen molar-refractivity contribution in [2.24, 2.45) is 0 Å². The van der Waals surface area contributed by atoms with Crippen molar-refractivity contribution in [1.82, 2.24) is 0 Å². The molecule has 0 saturated carbocycles. The summed E-state index contributed by atoms with van der Waals surface area (Å²) in [5, 5.41) is 2.90. The molecule has 1 atom stereocenters. The fourth-order valence-corrected chi connectivity index (χ4v) is 1.56. The van der Waals surface area contributed by atoms with Crippen molar-refractivity contribution < 1.29 is 13.9 Å². The van der Waals surface area contributed by atoms with Gasteiger partial charge >= 0.3 is 5.97 Å². The first-order valence-corrected chi connectivity index (χ1v) is 5.78. The second kappa shape index (κ2) is 6.23. The van der Waals surface area contributed by atoms with Crippen LogP contribution in [0.2, 0.25) is 0 Å². The van der Waals surface area contributed by atoms with E-state index in [2.05, 4.69) is 5.32 Å². The summed E-state index contributed by atoms with van der Waals surface area (Å²) in [6.45, 7) is 5.72. The second-order valence-corrected chi connectivity index (χ2v) is 3.79. The molecule has 0 spiro atoms. The lowest BCUT2D eigenvalue weighted by Gasteiger charge is -2.18. The van der Waals surface area contributed by atoms with Gasteiger partial charge in [-0.15, -0.1) is 0 Å². The summed E-state index contributed by atoms with van der Waals surface area (Å²) < 4.78 is 18.5. The molecule has 0 saturated heterocycles. The van der Waals surface area contributed by atoms with Crippen LogP contribution in [0.4, 0.5) is 10.1 Å². The van der Waals surface area contributed by atoms with Gasteiger partial charge in [-0.05, 0) is 31.9 Å². The Morgan fingerprint density at radius 2 is 2.18 bits per heavy atom. The molecule has 0 bridgehead atoms. The molecule has 3 nitrogen and oxygen atoms in total. The van der Waals surface area contributed by atoms with E-state index in [4.69, 9.17) is 4.74 Å². The van der Waals surface area contributed by atoms with Crippen molar-refractivity contribution in [2.75, 3.05) is 11.9 Å². The predicted molar refractivity (Wildman–Crippen MR) is 65.5 cm³/mol. The van der Waals surface area contributed by atoms with E-state index in [0.717, 1.165) is 5.56 Å². The molecular formula is C13H18FNO2. The third-order valence-corrected chi connectivity index (χ3v) is 2.52. The van der Waals surface area contributed by atoms with Crippen LogP contribution in [-0.2, 0) is 9.53 Å². The van der Waals surface area contributed by atoms with Gasteiger partial charge in [-0.25, -0.2) is 9.18 Å². The fourth-order valence-electron chi connectivity index (χ4n) is 1.56. The van der Waals surface area contributed by atoms with Gasteiger partial charge in [0, 0.05) is 0 Å². The molecule has 0 fully saturated rings. The monoisotopic (exact) mass is 239 g/mol. The highest BCUT2D eigenvalue weighted by Gasteiger charge is 2.19. The van der Waals surface area contributed by atoms with Crippen molar-refractivity contribution in [3.63, 3.8) is 0 Å². The Morgan fingerprint density at radius 1 is 1.47 bits per heavy atom. The Bertz CT molecular complexity index is 373. The lowest BCUT2D eigenvalue weighted by Crippen LogP contribution is -2.31. The van der Waals surface area contributed by atoms with E-state index in [1.807, 2.05) is 6.92 Å². The van der Waals surface area contributed by atoms with Crippen LogP contribution in [0, 0.1) is 12.7 Å². The third-order valence-electron chi connectivity index (χ3n) is 2.52. The lowest BCUT2D eigenvalue weighted by molar-refractivity contribution is -0.144. The van der Waals surface area contributed by atoms with Gasteiger partial charge in [-0.3, -0.25) is 0 Å². The first kappa shape index (κ1) is 13.5. The average molecular weight is 239 g/mol. The van der Waals surface area contributed by atoms with Crippen LogP contribution in [0.1, 0.15) is 25.8 Å². The highest BCUT2D eigenvalue weighted by Crippen LogP contribution is 2.20. The van der Waals surface area contributed by atoms with E-state index in [-0.39, 0.29) is 11.8 Å². The topological polar surface area (TPSA) is 38.3 Å². The number of carbonyl (C=O) groups is 1. The van der Waals surface area contributed by atoms with E-state index in [1.54, 1.807) is 26.0 Å². The Balaban J connectivity index is 2.84. The molecule has 0 aliphatic rings. The van der Waals surface area contributed by atoms with Crippen molar-refractivity contribution in [1.29, 1.82) is 0 Å². The Hall–Kier alpha value is -1.58. The van der Waals surface area contributed by atoms with Gasteiger partial charge in [-0.1, -0.05) is 19.1 Å². The third kappa shape index (κ3) is 3.44. The minimum Gasteiger partial charge on any atom is -0.464 e. The van der Waals surface area contributed by atoms with Crippen molar-refractivity contribution in [3.8, 4) is 0 Å². The molecule has 0 aliphatic heterocycles. The number of rotatable bonds is 5. The zero-order chi connectivity index (χ0) is 12.8. The molecule has 0 radical (unpaired) electrons. The van der Waals surface area contributed by atoms with Gasteiger partial charge in [0.25, 0.3) is 0 Å². The number of anilines is 1. The summed E-state index contributed by atoms with van der Waals surface area (Å²) in [4.78, 5) is 11.6. The van der Waals surface area contributed by atoms with E-state index in [0.29, 0.717) is 18.7 Å². The lowest BCUT2D eigenvalue weighted by atomic mass is 10.1. The number of benzene rings is 1. The van der Waals surface area contributed by atoms with Crippen LogP contribution in [0.3, 0.4) is 0 Å². The standard InChI is InChI=1S/C13H18FNO2/c1-4-11(13(16)17-5-2)15-12-9(3)7-6-8-10(12)14/h6-8,11,15H,4-5H2,1-3H3. The van der Waals surface area contributed by atoms with E-state index in [1.165, 1.54) is 6.07 Å². The molecule has 1 unspecified atom stereocenters. The van der Waals surface area contributed by atoms with Crippen LogP contribution in [0.5, 0.6) is 0 Å². The van der Waals surface area contributed by atoms with Crippen LogP contribution >= 0.6 is 0 Å². The Morgan fingerprint density at radius 3 is 2.71 bits per heavy atom. The fraction of sp³-hybridized carbons (Fsp3) is 0.462. The Labute approximate surface area is 101 Å². The van der Waals surface area contributed by atoms with Crippen LogP contribution in [-0.4, -0.2) is 18.6 Å². The smallest absolute Gasteiger partial charge is 0.328 e. The molecule has 17 heavy (non-hydrogen) atoms. The Kier molecular flexibility index (Phi) is 4.94. The first-order chi connectivity index (χ1) is 8.10. The summed E-state index contributed by atoms with van der Waals surface area (Å²) in [6.07, 6.45) is 0.548. The quantitative estimate of drug-likeness (QED) is 0.803. The number of ether oxygens (including phenoxy) is 1. The molecule has 0 aliphatic carbocycles. The van der Waals surface area contributed by atoms with Gasteiger partial charge in [0.05, 0.1) is 12.3 Å². The van der Waals surface area contributed by atoms with Gasteiger partial charge in [0.1, 0.15) is 11.9 Å². The molecule has 1 N–H and O–H groups in total. The molecule has 1 aromatic carbocycles. The SMILES string of the molecule is CCOC(=O)C(CC)Nc1c(C)cccc1F. The summed E-state index contributed by atoms with van der Waals surface area (Å²) in [6, 6.07) is 4.29. The highest BCUT2D eigenvalue weighted by atomic mass is 19.1. The normalized spacial score (nSPS) is 12.0. The summed E-state index contributed by atoms with van der Waals surface area (Å²) in [5.41, 5.74) is 1.14. The predicted octanol–water partition coefficient (Wildman–Crippen LogP) is 2.89. The summed E-state index contributed by atoms with van der Waals surface area (Å²) in [5.74, 6) is -0.703. The van der Waals surface area contributed by atoms with E-state index >= 15 is 0 Å². The number of carbonyl (C=O) groups excluding carboxylic acids is 1. The van der Waals surface area contributed by atoms with Gasteiger partial charge < -0.3 is 10.1 Å². The van der Waals surface area contributed by atoms with Crippen LogP contribution in [0.25, 0.3) is 0 Å². The molecule has 0 aromatic heterocycles. The molecular weight excluding hydrogens is 221 g/mol. The average Bonchev–Trinajstić information content (AvgIpc) is 2.29. The number of hydrogen-bond donors (Lipinski definition) is 1. The number of aryl methyl sites for hydroxylation is 1. The van der Waals surface area contributed by atoms with Crippen molar-refractivity contribution >= 4 is 11.7 Å². The number of para-hydroxylation sites is 1. The first-order valence-electron chi connectivity index (χ1n) is 5.78. The number of hydrogen-bond acceptors (Lipinski definition) is 3. The molecule has 0 amide bonds. The maximum atomic E-state index is 13.6. The molecule has 0 heterocycles.